The van der Waals surface area contributed by atoms with Gasteiger partial charge < -0.3 is 15.8 Å². The van der Waals surface area contributed by atoms with E-state index < -0.39 is 0 Å². The lowest BCUT2D eigenvalue weighted by Crippen LogP contribution is -2.25. The monoisotopic (exact) mass is 276 g/mol. The molecule has 1 fully saturated rings. The number of hydrogen-bond acceptors (Lipinski definition) is 3. The van der Waals surface area contributed by atoms with E-state index in [0.29, 0.717) is 12.0 Å². The van der Waals surface area contributed by atoms with Crippen LogP contribution in [0, 0.1) is 5.41 Å². The predicted molar refractivity (Wildman–Crippen MR) is 86.3 cm³/mol. The van der Waals surface area contributed by atoms with E-state index in [1.165, 1.54) is 32.1 Å². The van der Waals surface area contributed by atoms with Crippen molar-refractivity contribution >= 4 is 11.4 Å². The fourth-order valence-corrected chi connectivity index (χ4v) is 3.05. The third kappa shape index (κ3) is 3.59. The number of nitrogen functional groups attached to an aromatic ring is 1. The second-order valence-corrected chi connectivity index (χ2v) is 6.02. The van der Waals surface area contributed by atoms with E-state index in [9.17, 15) is 0 Å². The molecular formula is C17H28N2O. The Balaban J connectivity index is 1.98. The van der Waals surface area contributed by atoms with Crippen molar-refractivity contribution in [3.63, 3.8) is 0 Å². The molecule has 0 aromatic heterocycles. The highest BCUT2D eigenvalue weighted by Gasteiger charge is 2.31. The highest BCUT2D eigenvalue weighted by atomic mass is 16.5. The second kappa shape index (κ2) is 6.87. The maximum atomic E-state index is 5.95. The molecule has 112 valence electrons. The normalized spacial score (nSPS) is 17.1. The first-order chi connectivity index (χ1) is 9.69. The summed E-state index contributed by atoms with van der Waals surface area (Å²) in [7, 11) is 0. The molecule has 0 aliphatic heterocycles. The van der Waals surface area contributed by atoms with Gasteiger partial charge in [0.05, 0.1) is 12.3 Å². The Morgan fingerprint density at radius 2 is 2.00 bits per heavy atom. The molecule has 1 aromatic carbocycles. The van der Waals surface area contributed by atoms with E-state index >= 15 is 0 Å². The lowest BCUT2D eigenvalue weighted by molar-refractivity contribution is 0.306. The lowest BCUT2D eigenvalue weighted by atomic mass is 9.83. The predicted octanol–water partition coefficient (Wildman–Crippen LogP) is 4.44. The fourth-order valence-electron chi connectivity index (χ4n) is 3.05. The fraction of sp³-hybridized carbons (Fsp3) is 0.647. The summed E-state index contributed by atoms with van der Waals surface area (Å²) in [5.74, 6) is 0.800. The summed E-state index contributed by atoms with van der Waals surface area (Å²) in [4.78, 5) is 0. The van der Waals surface area contributed by atoms with Crippen molar-refractivity contribution in [2.75, 3.05) is 24.2 Å². The van der Waals surface area contributed by atoms with Crippen LogP contribution in [0.1, 0.15) is 52.4 Å². The summed E-state index contributed by atoms with van der Waals surface area (Å²) in [6, 6.07) is 6.01. The van der Waals surface area contributed by atoms with Gasteiger partial charge in [0, 0.05) is 18.3 Å². The van der Waals surface area contributed by atoms with E-state index in [0.717, 1.165) is 30.1 Å². The minimum Gasteiger partial charge on any atom is -0.491 e. The molecule has 3 N–H and O–H groups in total. The number of hydrogen-bond donors (Lipinski definition) is 2. The molecule has 2 rings (SSSR count). The van der Waals surface area contributed by atoms with Crippen LogP contribution in [0.2, 0.25) is 0 Å². The van der Waals surface area contributed by atoms with Gasteiger partial charge in [-0.3, -0.25) is 0 Å². The molecule has 0 heterocycles. The van der Waals surface area contributed by atoms with Crippen molar-refractivity contribution in [2.45, 2.75) is 52.4 Å². The molecule has 0 bridgehead atoms. The third-order valence-corrected chi connectivity index (χ3v) is 4.56. The molecule has 1 saturated carbocycles. The molecule has 1 aromatic rings. The molecule has 3 heteroatoms. The molecule has 1 aliphatic carbocycles. The molecule has 0 radical (unpaired) electrons. The van der Waals surface area contributed by atoms with E-state index in [-0.39, 0.29) is 0 Å². The molecule has 0 spiro atoms. The van der Waals surface area contributed by atoms with Crippen LogP contribution >= 0.6 is 0 Å². The van der Waals surface area contributed by atoms with E-state index in [1.54, 1.807) is 0 Å². The number of ether oxygens (including phenoxy) is 1. The third-order valence-electron chi connectivity index (χ3n) is 4.56. The minimum absolute atomic E-state index is 0.492. The van der Waals surface area contributed by atoms with Crippen molar-refractivity contribution in [3.8, 4) is 5.75 Å². The topological polar surface area (TPSA) is 47.3 Å². The molecule has 0 unspecified atom stereocenters. The molecular weight excluding hydrogens is 248 g/mol. The summed E-state index contributed by atoms with van der Waals surface area (Å²) in [6.07, 6.45) is 7.71. The van der Waals surface area contributed by atoms with Gasteiger partial charge in [0.1, 0.15) is 5.75 Å². The minimum atomic E-state index is 0.492. The zero-order valence-electron chi connectivity index (χ0n) is 12.9. The lowest BCUT2D eigenvalue weighted by Gasteiger charge is -2.28. The van der Waals surface area contributed by atoms with E-state index in [4.69, 9.17) is 10.5 Å². The molecule has 0 amide bonds. The van der Waals surface area contributed by atoms with Gasteiger partial charge >= 0.3 is 0 Å². The number of benzene rings is 1. The first kappa shape index (κ1) is 15.0. The van der Waals surface area contributed by atoms with Crippen LogP contribution in [0.4, 0.5) is 11.4 Å². The summed E-state index contributed by atoms with van der Waals surface area (Å²) in [5.41, 5.74) is 8.27. The summed E-state index contributed by atoms with van der Waals surface area (Å²) >= 11 is 0. The Morgan fingerprint density at radius 3 is 2.65 bits per heavy atom. The number of rotatable bonds is 7. The van der Waals surface area contributed by atoms with Crippen molar-refractivity contribution in [3.05, 3.63) is 18.2 Å². The van der Waals surface area contributed by atoms with Gasteiger partial charge in [0.2, 0.25) is 0 Å². The molecule has 20 heavy (non-hydrogen) atoms. The average Bonchev–Trinajstić information content (AvgIpc) is 2.94. The maximum absolute atomic E-state index is 5.95. The first-order valence-corrected chi connectivity index (χ1v) is 7.95. The molecule has 0 saturated heterocycles. The van der Waals surface area contributed by atoms with Crippen LogP contribution in [-0.2, 0) is 0 Å². The van der Waals surface area contributed by atoms with Crippen molar-refractivity contribution in [1.29, 1.82) is 0 Å². The number of nitrogens with one attached hydrogen (secondary N) is 1. The first-order valence-electron chi connectivity index (χ1n) is 7.95. The van der Waals surface area contributed by atoms with Crippen LogP contribution in [0.3, 0.4) is 0 Å². The van der Waals surface area contributed by atoms with Crippen LogP contribution in [0.25, 0.3) is 0 Å². The zero-order valence-corrected chi connectivity index (χ0v) is 12.9. The Hall–Kier alpha value is -1.38. The smallest absolute Gasteiger partial charge is 0.144 e. The zero-order chi connectivity index (χ0) is 14.4. The van der Waals surface area contributed by atoms with Crippen molar-refractivity contribution in [2.24, 2.45) is 5.41 Å². The van der Waals surface area contributed by atoms with Crippen molar-refractivity contribution < 1.29 is 4.74 Å². The van der Waals surface area contributed by atoms with Gasteiger partial charge in [0.15, 0.2) is 0 Å². The van der Waals surface area contributed by atoms with Crippen LogP contribution in [0.15, 0.2) is 18.2 Å². The molecule has 0 atom stereocenters. The van der Waals surface area contributed by atoms with Crippen LogP contribution < -0.4 is 15.8 Å². The van der Waals surface area contributed by atoms with E-state index in [2.05, 4.69) is 19.2 Å². The summed E-state index contributed by atoms with van der Waals surface area (Å²) in [6.45, 7) is 6.18. The van der Waals surface area contributed by atoms with Gasteiger partial charge in [0.25, 0.3) is 0 Å². The Labute approximate surface area is 122 Å². The van der Waals surface area contributed by atoms with Crippen LogP contribution in [0.5, 0.6) is 5.75 Å². The standard InChI is InChI=1S/C17H28N2O/c1-3-11-20-16-12-14(7-8-15(16)18)19-13-17(4-2)9-5-6-10-17/h7-8,12,19H,3-6,9-11,13,18H2,1-2H3. The van der Waals surface area contributed by atoms with Gasteiger partial charge in [-0.2, -0.15) is 0 Å². The van der Waals surface area contributed by atoms with Gasteiger partial charge in [-0.1, -0.05) is 26.7 Å². The average molecular weight is 276 g/mol. The van der Waals surface area contributed by atoms with Crippen molar-refractivity contribution in [1.82, 2.24) is 0 Å². The quantitative estimate of drug-likeness (QED) is 0.724. The van der Waals surface area contributed by atoms with Gasteiger partial charge in [-0.05, 0) is 43.2 Å². The Bertz CT molecular complexity index is 425. The number of anilines is 2. The van der Waals surface area contributed by atoms with Gasteiger partial charge in [-0.15, -0.1) is 0 Å². The molecule has 3 nitrogen and oxygen atoms in total. The second-order valence-electron chi connectivity index (χ2n) is 6.02. The Morgan fingerprint density at radius 1 is 1.25 bits per heavy atom. The molecule has 1 aliphatic rings. The number of nitrogens with two attached hydrogens (primary N) is 1. The highest BCUT2D eigenvalue weighted by Crippen LogP contribution is 2.41. The maximum Gasteiger partial charge on any atom is 0.144 e. The van der Waals surface area contributed by atoms with E-state index in [1.807, 2.05) is 18.2 Å². The van der Waals surface area contributed by atoms with Gasteiger partial charge in [-0.25, -0.2) is 0 Å². The largest absolute Gasteiger partial charge is 0.491 e. The highest BCUT2D eigenvalue weighted by molar-refractivity contribution is 5.61. The van der Waals surface area contributed by atoms with Crippen LogP contribution in [-0.4, -0.2) is 13.2 Å². The summed E-state index contributed by atoms with van der Waals surface area (Å²) < 4.78 is 5.68. The SMILES string of the molecule is CCCOc1cc(NCC2(CC)CCCC2)ccc1N. The summed E-state index contributed by atoms with van der Waals surface area (Å²) in [5, 5.41) is 3.59. The Kier molecular flexibility index (Phi) is 5.16.